The molecule has 0 atom stereocenters. The third kappa shape index (κ3) is 2.38. The molecule has 0 saturated carbocycles. The molecule has 2 nitrogen and oxygen atoms in total. The number of rotatable bonds is 3. The molecule has 16 heavy (non-hydrogen) atoms. The SMILES string of the molecule is N#Cc1cc(F)ccc1NCc1ccsc1. The number of hydrogen-bond acceptors (Lipinski definition) is 3. The highest BCUT2D eigenvalue weighted by Crippen LogP contribution is 2.17. The molecule has 0 saturated heterocycles. The molecule has 80 valence electrons. The molecule has 4 heteroatoms. The standard InChI is InChI=1S/C12H9FN2S/c13-11-1-2-12(10(5-11)6-14)15-7-9-3-4-16-8-9/h1-5,8,15H,7H2. The molecule has 1 aromatic carbocycles. The van der Waals surface area contributed by atoms with Crippen LogP contribution in [0.5, 0.6) is 0 Å². The molecule has 0 radical (unpaired) electrons. The van der Waals surface area contributed by atoms with Gasteiger partial charge >= 0.3 is 0 Å². The first kappa shape index (κ1) is 10.7. The molecular formula is C12H9FN2S. The molecule has 0 fully saturated rings. The lowest BCUT2D eigenvalue weighted by Crippen LogP contribution is -2.00. The molecule has 0 amide bonds. The van der Waals surface area contributed by atoms with E-state index in [1.54, 1.807) is 17.4 Å². The van der Waals surface area contributed by atoms with Crippen LogP contribution >= 0.6 is 11.3 Å². The van der Waals surface area contributed by atoms with Crippen molar-refractivity contribution in [3.8, 4) is 6.07 Å². The monoisotopic (exact) mass is 232 g/mol. The van der Waals surface area contributed by atoms with Gasteiger partial charge in [-0.15, -0.1) is 0 Å². The third-order valence-corrected chi connectivity index (χ3v) is 2.90. The molecular weight excluding hydrogens is 223 g/mol. The van der Waals surface area contributed by atoms with Crippen molar-refractivity contribution in [1.29, 1.82) is 5.26 Å². The second kappa shape index (κ2) is 4.77. The van der Waals surface area contributed by atoms with Crippen LogP contribution < -0.4 is 5.32 Å². The summed E-state index contributed by atoms with van der Waals surface area (Å²) in [5.41, 5.74) is 2.14. The summed E-state index contributed by atoms with van der Waals surface area (Å²) in [5, 5.41) is 16.0. The molecule has 1 N–H and O–H groups in total. The highest BCUT2D eigenvalue weighted by Gasteiger charge is 2.03. The van der Waals surface area contributed by atoms with E-state index in [-0.39, 0.29) is 0 Å². The van der Waals surface area contributed by atoms with Crippen LogP contribution in [0.15, 0.2) is 35.0 Å². The maximum atomic E-state index is 12.9. The fraction of sp³-hybridized carbons (Fsp3) is 0.0833. The Morgan fingerprint density at radius 3 is 2.94 bits per heavy atom. The summed E-state index contributed by atoms with van der Waals surface area (Å²) in [6.07, 6.45) is 0. The fourth-order valence-electron chi connectivity index (χ4n) is 1.35. The van der Waals surface area contributed by atoms with Gasteiger partial charge in [-0.2, -0.15) is 16.6 Å². The van der Waals surface area contributed by atoms with E-state index in [9.17, 15) is 4.39 Å². The summed E-state index contributed by atoms with van der Waals surface area (Å²) in [7, 11) is 0. The smallest absolute Gasteiger partial charge is 0.124 e. The van der Waals surface area contributed by atoms with E-state index in [0.717, 1.165) is 5.56 Å². The van der Waals surface area contributed by atoms with Crippen molar-refractivity contribution in [3.05, 3.63) is 52.0 Å². The molecule has 0 aliphatic rings. The van der Waals surface area contributed by atoms with Gasteiger partial charge in [-0.1, -0.05) is 0 Å². The zero-order valence-electron chi connectivity index (χ0n) is 8.40. The van der Waals surface area contributed by atoms with Gasteiger partial charge in [0, 0.05) is 6.54 Å². The van der Waals surface area contributed by atoms with Crippen molar-refractivity contribution in [3.63, 3.8) is 0 Å². The number of halogens is 1. The minimum atomic E-state index is -0.391. The average molecular weight is 232 g/mol. The van der Waals surface area contributed by atoms with Crippen molar-refractivity contribution in [1.82, 2.24) is 0 Å². The van der Waals surface area contributed by atoms with Crippen molar-refractivity contribution >= 4 is 17.0 Å². The lowest BCUT2D eigenvalue weighted by atomic mass is 10.2. The molecule has 1 heterocycles. The van der Waals surface area contributed by atoms with Crippen LogP contribution in [-0.2, 0) is 6.54 Å². The Kier molecular flexibility index (Phi) is 3.18. The van der Waals surface area contributed by atoms with Crippen LogP contribution in [0.3, 0.4) is 0 Å². The molecule has 0 aliphatic heterocycles. The van der Waals surface area contributed by atoms with Gasteiger partial charge in [0.2, 0.25) is 0 Å². The maximum absolute atomic E-state index is 12.9. The van der Waals surface area contributed by atoms with Gasteiger partial charge in [0.15, 0.2) is 0 Å². The Hall–Kier alpha value is -1.86. The highest BCUT2D eigenvalue weighted by atomic mass is 32.1. The summed E-state index contributed by atoms with van der Waals surface area (Å²) in [5.74, 6) is -0.391. The summed E-state index contributed by atoms with van der Waals surface area (Å²) >= 11 is 1.62. The number of benzene rings is 1. The lowest BCUT2D eigenvalue weighted by molar-refractivity contribution is 0.627. The third-order valence-electron chi connectivity index (χ3n) is 2.17. The van der Waals surface area contributed by atoms with Crippen molar-refractivity contribution in [2.75, 3.05) is 5.32 Å². The van der Waals surface area contributed by atoms with Gasteiger partial charge in [-0.25, -0.2) is 4.39 Å². The predicted molar refractivity (Wildman–Crippen MR) is 62.8 cm³/mol. The van der Waals surface area contributed by atoms with Crippen LogP contribution in [0.4, 0.5) is 10.1 Å². The largest absolute Gasteiger partial charge is 0.380 e. The van der Waals surface area contributed by atoms with Crippen molar-refractivity contribution in [2.45, 2.75) is 6.54 Å². The quantitative estimate of drug-likeness (QED) is 0.880. The Bertz CT molecular complexity index is 514. The van der Waals surface area contributed by atoms with Crippen LogP contribution in [0.25, 0.3) is 0 Å². The fourth-order valence-corrected chi connectivity index (χ4v) is 2.02. The second-order valence-corrected chi connectivity index (χ2v) is 4.07. The Balaban J connectivity index is 2.13. The first-order valence-corrected chi connectivity index (χ1v) is 5.68. The van der Waals surface area contributed by atoms with Crippen LogP contribution in [-0.4, -0.2) is 0 Å². The number of nitrogens with zero attached hydrogens (tertiary/aromatic N) is 1. The summed E-state index contributed by atoms with van der Waals surface area (Å²) in [6.45, 7) is 0.643. The predicted octanol–water partition coefficient (Wildman–Crippen LogP) is 3.37. The lowest BCUT2D eigenvalue weighted by Gasteiger charge is -2.06. The Morgan fingerprint density at radius 2 is 2.25 bits per heavy atom. The first-order chi connectivity index (χ1) is 7.79. The maximum Gasteiger partial charge on any atom is 0.124 e. The summed E-state index contributed by atoms with van der Waals surface area (Å²) in [4.78, 5) is 0. The van der Waals surface area contributed by atoms with Gasteiger partial charge in [0.25, 0.3) is 0 Å². The topological polar surface area (TPSA) is 35.8 Å². The summed E-state index contributed by atoms with van der Waals surface area (Å²) in [6, 6.07) is 8.13. The number of nitriles is 1. The van der Waals surface area contributed by atoms with E-state index < -0.39 is 5.82 Å². The van der Waals surface area contributed by atoms with E-state index in [2.05, 4.69) is 5.32 Å². The van der Waals surface area contributed by atoms with E-state index in [1.807, 2.05) is 22.9 Å². The normalized spacial score (nSPS) is 9.75. The van der Waals surface area contributed by atoms with E-state index in [1.165, 1.54) is 12.1 Å². The number of thiophene rings is 1. The van der Waals surface area contributed by atoms with E-state index >= 15 is 0 Å². The second-order valence-electron chi connectivity index (χ2n) is 3.29. The van der Waals surface area contributed by atoms with Gasteiger partial charge in [0.1, 0.15) is 11.9 Å². The zero-order chi connectivity index (χ0) is 11.4. The molecule has 0 aliphatic carbocycles. The van der Waals surface area contributed by atoms with Crippen LogP contribution in [0.2, 0.25) is 0 Å². The minimum absolute atomic E-state index is 0.329. The molecule has 0 unspecified atom stereocenters. The Morgan fingerprint density at radius 1 is 1.38 bits per heavy atom. The number of hydrogen-bond donors (Lipinski definition) is 1. The molecule has 0 spiro atoms. The minimum Gasteiger partial charge on any atom is -0.380 e. The molecule has 2 rings (SSSR count). The first-order valence-electron chi connectivity index (χ1n) is 4.74. The van der Waals surface area contributed by atoms with Crippen molar-refractivity contribution < 1.29 is 4.39 Å². The number of anilines is 1. The molecule has 2 aromatic rings. The van der Waals surface area contributed by atoms with Crippen LogP contribution in [0, 0.1) is 17.1 Å². The van der Waals surface area contributed by atoms with Crippen molar-refractivity contribution in [2.24, 2.45) is 0 Å². The van der Waals surface area contributed by atoms with Gasteiger partial charge in [-0.05, 0) is 40.6 Å². The summed E-state index contributed by atoms with van der Waals surface area (Å²) < 4.78 is 12.9. The van der Waals surface area contributed by atoms with Crippen LogP contribution in [0.1, 0.15) is 11.1 Å². The van der Waals surface area contributed by atoms with Gasteiger partial charge in [-0.3, -0.25) is 0 Å². The van der Waals surface area contributed by atoms with Gasteiger partial charge in [0.05, 0.1) is 11.3 Å². The Labute approximate surface area is 97.0 Å². The highest BCUT2D eigenvalue weighted by molar-refractivity contribution is 7.07. The van der Waals surface area contributed by atoms with E-state index in [0.29, 0.717) is 17.8 Å². The molecule has 0 bridgehead atoms. The number of nitrogens with one attached hydrogen (secondary N) is 1. The van der Waals surface area contributed by atoms with Gasteiger partial charge < -0.3 is 5.32 Å². The average Bonchev–Trinajstić information content (AvgIpc) is 2.80. The molecule has 1 aromatic heterocycles. The zero-order valence-corrected chi connectivity index (χ0v) is 9.22. The van der Waals surface area contributed by atoms with E-state index in [4.69, 9.17) is 5.26 Å².